The van der Waals surface area contributed by atoms with Gasteiger partial charge in [-0.05, 0) is 19.8 Å². The number of likely N-dealkylation sites (N-methyl/N-ethyl adjacent to an activating group) is 1. The fourth-order valence-electron chi connectivity index (χ4n) is 1.48. The second-order valence-corrected chi connectivity index (χ2v) is 3.25. The number of nitrogens with zero attached hydrogens (tertiary/aromatic N) is 1. The fourth-order valence-corrected chi connectivity index (χ4v) is 1.48. The van der Waals surface area contributed by atoms with Gasteiger partial charge in [0.2, 0.25) is 0 Å². The van der Waals surface area contributed by atoms with E-state index in [-0.39, 0.29) is 12.5 Å². The topological polar surface area (TPSA) is 66.8 Å². The van der Waals surface area contributed by atoms with Gasteiger partial charge in [0.05, 0.1) is 0 Å². The van der Waals surface area contributed by atoms with E-state index in [0.29, 0.717) is 19.6 Å². The first-order valence-corrected chi connectivity index (χ1v) is 4.77. The third-order valence-corrected chi connectivity index (χ3v) is 2.22. The van der Waals surface area contributed by atoms with Gasteiger partial charge in [-0.15, -0.1) is 0 Å². The molecule has 1 amide bonds. The minimum absolute atomic E-state index is 0.201. The number of ether oxygens (including phenoxy) is 1. The monoisotopic (exact) mass is 201 g/mol. The molecule has 0 aromatic carbocycles. The average molecular weight is 201 g/mol. The van der Waals surface area contributed by atoms with E-state index in [1.54, 1.807) is 6.92 Å². The van der Waals surface area contributed by atoms with Crippen LogP contribution in [-0.4, -0.2) is 47.7 Å². The summed E-state index contributed by atoms with van der Waals surface area (Å²) in [4.78, 5) is 23.4. The molecule has 14 heavy (non-hydrogen) atoms. The Labute approximate surface area is 82.6 Å². The molecule has 0 aromatic rings. The minimum atomic E-state index is -0.988. The van der Waals surface area contributed by atoms with Gasteiger partial charge in [0.1, 0.15) is 12.6 Å². The van der Waals surface area contributed by atoms with Crippen LogP contribution < -0.4 is 0 Å². The van der Waals surface area contributed by atoms with Gasteiger partial charge in [0.15, 0.2) is 0 Å². The van der Waals surface area contributed by atoms with Crippen LogP contribution in [0.25, 0.3) is 0 Å². The summed E-state index contributed by atoms with van der Waals surface area (Å²) in [6, 6.07) is 0. The Morgan fingerprint density at radius 1 is 1.57 bits per heavy atom. The van der Waals surface area contributed by atoms with Crippen molar-refractivity contribution in [3.05, 3.63) is 0 Å². The second-order valence-electron chi connectivity index (χ2n) is 3.25. The van der Waals surface area contributed by atoms with Crippen LogP contribution in [-0.2, 0) is 14.3 Å². The number of aliphatic carboxylic acids is 1. The van der Waals surface area contributed by atoms with Crippen molar-refractivity contribution in [2.24, 2.45) is 0 Å². The number of hydrogen-bond acceptors (Lipinski definition) is 3. The Kier molecular flexibility index (Phi) is 3.88. The van der Waals surface area contributed by atoms with Gasteiger partial charge < -0.3 is 14.7 Å². The highest BCUT2D eigenvalue weighted by atomic mass is 16.5. The highest BCUT2D eigenvalue weighted by Crippen LogP contribution is 2.14. The number of carboxylic acids is 1. The van der Waals surface area contributed by atoms with Crippen molar-refractivity contribution in [1.29, 1.82) is 0 Å². The molecule has 0 aromatic heterocycles. The minimum Gasteiger partial charge on any atom is -0.480 e. The van der Waals surface area contributed by atoms with Gasteiger partial charge in [0, 0.05) is 13.2 Å². The molecular formula is C9H15NO4. The maximum absolute atomic E-state index is 11.6. The summed E-state index contributed by atoms with van der Waals surface area (Å²) in [5.74, 6) is -1.19. The lowest BCUT2D eigenvalue weighted by Crippen LogP contribution is -2.41. The Bertz CT molecular complexity index is 223. The summed E-state index contributed by atoms with van der Waals surface area (Å²) in [5, 5.41) is 8.57. The summed E-state index contributed by atoms with van der Waals surface area (Å²) < 4.78 is 5.19. The van der Waals surface area contributed by atoms with Crippen molar-refractivity contribution >= 4 is 11.9 Å². The summed E-state index contributed by atoms with van der Waals surface area (Å²) in [7, 11) is 0. The van der Waals surface area contributed by atoms with E-state index in [9.17, 15) is 9.59 Å². The van der Waals surface area contributed by atoms with Crippen LogP contribution in [0.5, 0.6) is 0 Å². The SMILES string of the molecule is CCN(CC(=O)O)C(=O)[C@H]1CCCO1. The molecule has 0 saturated carbocycles. The van der Waals surface area contributed by atoms with Crippen molar-refractivity contribution in [2.45, 2.75) is 25.9 Å². The number of rotatable bonds is 4. The number of hydrogen-bond donors (Lipinski definition) is 1. The molecule has 1 saturated heterocycles. The van der Waals surface area contributed by atoms with Crippen LogP contribution in [0.2, 0.25) is 0 Å². The second kappa shape index (κ2) is 4.95. The molecule has 1 heterocycles. The molecular weight excluding hydrogens is 186 g/mol. The van der Waals surface area contributed by atoms with Crippen LogP contribution in [0.3, 0.4) is 0 Å². The number of carbonyl (C=O) groups excluding carboxylic acids is 1. The molecule has 1 atom stereocenters. The molecule has 1 aliphatic heterocycles. The van der Waals surface area contributed by atoms with Crippen LogP contribution in [0, 0.1) is 0 Å². The van der Waals surface area contributed by atoms with E-state index in [4.69, 9.17) is 9.84 Å². The lowest BCUT2D eigenvalue weighted by molar-refractivity contribution is -0.148. The van der Waals surface area contributed by atoms with Crippen molar-refractivity contribution in [1.82, 2.24) is 4.90 Å². The average Bonchev–Trinajstić information content (AvgIpc) is 2.65. The first-order chi connectivity index (χ1) is 6.65. The predicted molar refractivity (Wildman–Crippen MR) is 48.9 cm³/mol. The maximum Gasteiger partial charge on any atom is 0.323 e. The van der Waals surface area contributed by atoms with Crippen molar-refractivity contribution in [2.75, 3.05) is 19.7 Å². The van der Waals surface area contributed by atoms with Gasteiger partial charge in [-0.25, -0.2) is 0 Å². The van der Waals surface area contributed by atoms with E-state index in [2.05, 4.69) is 0 Å². The van der Waals surface area contributed by atoms with Gasteiger partial charge in [-0.1, -0.05) is 0 Å². The summed E-state index contributed by atoms with van der Waals surface area (Å²) >= 11 is 0. The summed E-state index contributed by atoms with van der Waals surface area (Å²) in [6.07, 6.45) is 1.16. The Morgan fingerprint density at radius 3 is 2.71 bits per heavy atom. The van der Waals surface area contributed by atoms with E-state index in [0.717, 1.165) is 6.42 Å². The van der Waals surface area contributed by atoms with Crippen LogP contribution >= 0.6 is 0 Å². The number of amides is 1. The molecule has 0 radical (unpaired) electrons. The third-order valence-electron chi connectivity index (χ3n) is 2.22. The quantitative estimate of drug-likeness (QED) is 0.700. The molecule has 1 N–H and O–H groups in total. The third kappa shape index (κ3) is 2.70. The van der Waals surface area contributed by atoms with E-state index in [1.807, 2.05) is 0 Å². The molecule has 1 aliphatic rings. The lowest BCUT2D eigenvalue weighted by Gasteiger charge is -2.21. The van der Waals surface area contributed by atoms with E-state index < -0.39 is 12.1 Å². The largest absolute Gasteiger partial charge is 0.480 e. The number of carbonyl (C=O) groups is 2. The highest BCUT2D eigenvalue weighted by Gasteiger charge is 2.28. The van der Waals surface area contributed by atoms with Crippen molar-refractivity contribution < 1.29 is 19.4 Å². The Morgan fingerprint density at radius 2 is 2.29 bits per heavy atom. The van der Waals surface area contributed by atoms with Crippen LogP contribution in [0.1, 0.15) is 19.8 Å². The maximum atomic E-state index is 11.6. The highest BCUT2D eigenvalue weighted by molar-refractivity contribution is 5.84. The summed E-state index contributed by atoms with van der Waals surface area (Å²) in [6.45, 7) is 2.52. The van der Waals surface area contributed by atoms with Gasteiger partial charge >= 0.3 is 5.97 Å². The standard InChI is InChI=1S/C9H15NO4/c1-2-10(6-8(11)12)9(13)7-4-3-5-14-7/h7H,2-6H2,1H3,(H,11,12)/t7-/m1/s1. The van der Waals surface area contributed by atoms with E-state index in [1.165, 1.54) is 4.90 Å². The van der Waals surface area contributed by atoms with Crippen molar-refractivity contribution in [3.63, 3.8) is 0 Å². The van der Waals surface area contributed by atoms with Gasteiger partial charge in [0.25, 0.3) is 5.91 Å². The zero-order chi connectivity index (χ0) is 10.6. The first-order valence-electron chi connectivity index (χ1n) is 4.77. The molecule has 0 unspecified atom stereocenters. The fraction of sp³-hybridized carbons (Fsp3) is 0.778. The zero-order valence-electron chi connectivity index (χ0n) is 8.23. The lowest BCUT2D eigenvalue weighted by atomic mass is 10.2. The zero-order valence-corrected chi connectivity index (χ0v) is 8.23. The predicted octanol–water partition coefficient (Wildman–Crippen LogP) is 0.0985. The number of carboxylic acid groups (broad SMARTS) is 1. The summed E-state index contributed by atoms with van der Waals surface area (Å²) in [5.41, 5.74) is 0. The molecule has 0 aliphatic carbocycles. The first kappa shape index (κ1) is 11.0. The normalized spacial score (nSPS) is 20.8. The van der Waals surface area contributed by atoms with Crippen molar-refractivity contribution in [3.8, 4) is 0 Å². The van der Waals surface area contributed by atoms with Crippen LogP contribution in [0.4, 0.5) is 0 Å². The molecule has 1 fully saturated rings. The smallest absolute Gasteiger partial charge is 0.323 e. The molecule has 0 bridgehead atoms. The van der Waals surface area contributed by atoms with Gasteiger partial charge in [-0.3, -0.25) is 9.59 Å². The van der Waals surface area contributed by atoms with E-state index >= 15 is 0 Å². The Balaban J connectivity index is 2.50. The molecule has 80 valence electrons. The van der Waals surface area contributed by atoms with Gasteiger partial charge in [-0.2, -0.15) is 0 Å². The molecule has 5 heteroatoms. The molecule has 1 rings (SSSR count). The molecule has 5 nitrogen and oxygen atoms in total. The molecule has 0 spiro atoms. The van der Waals surface area contributed by atoms with Crippen LogP contribution in [0.15, 0.2) is 0 Å². The Hall–Kier alpha value is -1.10.